The Kier molecular flexibility index (Phi) is 11.1. The molecule has 0 radical (unpaired) electrons. The Bertz CT molecular complexity index is 1070. The fraction of sp³-hybridized carbons (Fsp3) is 0.320. The van der Waals surface area contributed by atoms with Crippen molar-refractivity contribution in [3.8, 4) is 0 Å². The zero-order valence-electron chi connectivity index (χ0n) is 20.0. The van der Waals surface area contributed by atoms with E-state index >= 15 is 0 Å². The first-order chi connectivity index (χ1) is 17.3. The Morgan fingerprint density at radius 1 is 1.14 bits per heavy atom. The van der Waals surface area contributed by atoms with E-state index in [0.29, 0.717) is 28.9 Å². The summed E-state index contributed by atoms with van der Waals surface area (Å²) in [5.74, 6) is -2.36. The van der Waals surface area contributed by atoms with Crippen molar-refractivity contribution >= 4 is 41.3 Å². The lowest BCUT2D eigenvalue weighted by molar-refractivity contribution is -0.141. The zero-order chi connectivity index (χ0) is 26.5. The van der Waals surface area contributed by atoms with E-state index in [2.05, 4.69) is 27.0 Å². The summed E-state index contributed by atoms with van der Waals surface area (Å²) in [6.45, 7) is 0.862. The highest BCUT2D eigenvalue weighted by Crippen LogP contribution is 2.25. The SMILES string of the molecule is CNCCCCC(=O)Nc1ccc(CC(NC(=O)C2Nc3ccccc3C2=O)C(=O)O)cc1.N=CN. The number of carbonyl (C=O) groups excluding carboxylic acids is 3. The van der Waals surface area contributed by atoms with Gasteiger partial charge in [-0.2, -0.15) is 0 Å². The first kappa shape index (κ1) is 28.0. The van der Waals surface area contributed by atoms with Gasteiger partial charge in [0.2, 0.25) is 5.91 Å². The average Bonchev–Trinajstić information content (AvgIpc) is 3.20. The summed E-state index contributed by atoms with van der Waals surface area (Å²) in [5.41, 5.74) is 6.63. The van der Waals surface area contributed by atoms with Crippen LogP contribution in [0.1, 0.15) is 35.2 Å². The number of fused-ring (bicyclic) bond motifs is 1. The number of para-hydroxylation sites is 1. The van der Waals surface area contributed by atoms with Gasteiger partial charge >= 0.3 is 5.97 Å². The maximum Gasteiger partial charge on any atom is 0.326 e. The Morgan fingerprint density at radius 3 is 2.42 bits per heavy atom. The fourth-order valence-corrected chi connectivity index (χ4v) is 3.61. The van der Waals surface area contributed by atoms with E-state index in [4.69, 9.17) is 5.41 Å². The van der Waals surface area contributed by atoms with Crippen molar-refractivity contribution in [1.82, 2.24) is 10.6 Å². The van der Waals surface area contributed by atoms with E-state index in [0.717, 1.165) is 25.7 Å². The number of Topliss-reactive ketones (excluding diaryl/α,β-unsaturated/α-hetero) is 1. The number of hydrogen-bond acceptors (Lipinski definition) is 7. The van der Waals surface area contributed by atoms with Gasteiger partial charge in [-0.3, -0.25) is 19.8 Å². The second-order valence-electron chi connectivity index (χ2n) is 8.06. The van der Waals surface area contributed by atoms with Gasteiger partial charge in [0, 0.05) is 29.8 Å². The molecule has 0 bridgehead atoms. The number of carboxylic acids is 1. The molecule has 8 N–H and O–H groups in total. The number of hydrogen-bond donors (Lipinski definition) is 7. The van der Waals surface area contributed by atoms with Crippen LogP contribution in [0.2, 0.25) is 0 Å². The number of carboxylic acid groups (broad SMARTS) is 1. The molecule has 0 spiro atoms. The number of aliphatic carboxylic acids is 1. The fourth-order valence-electron chi connectivity index (χ4n) is 3.61. The van der Waals surface area contributed by atoms with Crippen molar-refractivity contribution in [3.05, 3.63) is 59.7 Å². The van der Waals surface area contributed by atoms with Crippen LogP contribution in [0.15, 0.2) is 48.5 Å². The van der Waals surface area contributed by atoms with Crippen LogP contribution in [-0.2, 0) is 20.8 Å². The maximum atomic E-state index is 12.6. The van der Waals surface area contributed by atoms with Crippen LogP contribution in [0.25, 0.3) is 0 Å². The summed E-state index contributed by atoms with van der Waals surface area (Å²) >= 11 is 0. The lowest BCUT2D eigenvalue weighted by Crippen LogP contribution is -2.49. The van der Waals surface area contributed by atoms with Crippen molar-refractivity contribution < 1.29 is 24.3 Å². The van der Waals surface area contributed by atoms with Crippen LogP contribution in [0.5, 0.6) is 0 Å². The molecule has 11 nitrogen and oxygen atoms in total. The van der Waals surface area contributed by atoms with Gasteiger partial charge in [-0.1, -0.05) is 24.3 Å². The molecule has 3 rings (SSSR count). The Hall–Kier alpha value is -4.25. The standard InChI is InChI=1S/C24H28N4O5.CH4N2/c1-25-13-5-4-8-20(29)26-16-11-9-15(10-12-16)14-19(24(32)33)28-23(31)21-22(30)17-6-2-3-7-18(17)27-21;2-1-3/h2-3,6-7,9-12,19,21,25,27H,4-5,8,13-14H2,1H3,(H,26,29)(H,28,31)(H,32,33);1H,(H3,2,3). The summed E-state index contributed by atoms with van der Waals surface area (Å²) in [6, 6.07) is 11.2. The van der Waals surface area contributed by atoms with Crippen molar-refractivity contribution in [2.75, 3.05) is 24.2 Å². The van der Waals surface area contributed by atoms with Crippen LogP contribution in [0, 0.1) is 5.41 Å². The third kappa shape index (κ3) is 8.20. The van der Waals surface area contributed by atoms with Crippen LogP contribution >= 0.6 is 0 Å². The molecule has 0 fully saturated rings. The molecule has 2 amide bonds. The first-order valence-corrected chi connectivity index (χ1v) is 11.5. The van der Waals surface area contributed by atoms with E-state index in [1.165, 1.54) is 0 Å². The van der Waals surface area contributed by atoms with Gasteiger partial charge < -0.3 is 32.1 Å². The van der Waals surface area contributed by atoms with Crippen molar-refractivity contribution in [2.24, 2.45) is 5.73 Å². The summed E-state index contributed by atoms with van der Waals surface area (Å²) in [7, 11) is 1.87. The highest BCUT2D eigenvalue weighted by atomic mass is 16.4. The molecular weight excluding hydrogens is 464 g/mol. The number of nitrogens with one attached hydrogen (secondary N) is 5. The molecule has 36 heavy (non-hydrogen) atoms. The van der Waals surface area contributed by atoms with Gasteiger partial charge in [0.05, 0.1) is 6.34 Å². The third-order valence-electron chi connectivity index (χ3n) is 5.39. The molecule has 1 aliphatic rings. The Labute approximate surface area is 209 Å². The number of ketones is 1. The average molecular weight is 497 g/mol. The van der Waals surface area contributed by atoms with Crippen LogP contribution in [0.3, 0.4) is 0 Å². The lowest BCUT2D eigenvalue weighted by atomic mass is 10.0. The monoisotopic (exact) mass is 496 g/mol. The predicted octanol–water partition coefficient (Wildman–Crippen LogP) is 1.36. The molecule has 1 aliphatic heterocycles. The first-order valence-electron chi connectivity index (χ1n) is 11.5. The second kappa shape index (κ2) is 14.2. The van der Waals surface area contributed by atoms with Crippen LogP contribution in [-0.4, -0.2) is 60.7 Å². The molecule has 0 aromatic heterocycles. The second-order valence-corrected chi connectivity index (χ2v) is 8.06. The van der Waals surface area contributed by atoms with Crippen molar-refractivity contribution in [2.45, 2.75) is 37.8 Å². The highest BCUT2D eigenvalue weighted by Gasteiger charge is 2.36. The Balaban J connectivity index is 0.00000145. The van der Waals surface area contributed by atoms with Crippen molar-refractivity contribution in [1.29, 1.82) is 5.41 Å². The molecule has 192 valence electrons. The third-order valence-corrected chi connectivity index (χ3v) is 5.39. The van der Waals surface area contributed by atoms with Crippen molar-refractivity contribution in [3.63, 3.8) is 0 Å². The Morgan fingerprint density at radius 2 is 1.81 bits per heavy atom. The molecule has 2 aromatic rings. The summed E-state index contributed by atoms with van der Waals surface area (Å²) in [4.78, 5) is 48.8. The molecule has 11 heteroatoms. The molecule has 1 heterocycles. The number of rotatable bonds is 11. The van der Waals surface area contributed by atoms with Gasteiger partial charge in [0.25, 0.3) is 5.91 Å². The normalized spacial score (nSPS) is 14.4. The van der Waals surface area contributed by atoms with Gasteiger partial charge in [0.1, 0.15) is 6.04 Å². The highest BCUT2D eigenvalue weighted by molar-refractivity contribution is 6.21. The maximum absolute atomic E-state index is 12.6. The number of unbranched alkanes of at least 4 members (excludes halogenated alkanes) is 1. The largest absolute Gasteiger partial charge is 0.480 e. The summed E-state index contributed by atoms with van der Waals surface area (Å²) in [5, 5.41) is 26.6. The zero-order valence-corrected chi connectivity index (χ0v) is 20.0. The quantitative estimate of drug-likeness (QED) is 0.105. The molecule has 2 aromatic carbocycles. The van der Waals surface area contributed by atoms with Gasteiger partial charge in [-0.05, 0) is 56.3 Å². The molecule has 0 saturated heterocycles. The number of carbonyl (C=O) groups is 4. The smallest absolute Gasteiger partial charge is 0.326 e. The van der Waals surface area contributed by atoms with E-state index in [9.17, 15) is 24.3 Å². The number of benzene rings is 2. The van der Waals surface area contributed by atoms with Gasteiger partial charge in [-0.15, -0.1) is 0 Å². The lowest BCUT2D eigenvalue weighted by Gasteiger charge is -2.17. The molecule has 0 saturated carbocycles. The minimum Gasteiger partial charge on any atom is -0.480 e. The van der Waals surface area contributed by atoms with Gasteiger partial charge in [-0.25, -0.2) is 4.79 Å². The minimum atomic E-state index is -1.21. The molecule has 0 aliphatic carbocycles. The topological polar surface area (TPSA) is 186 Å². The number of amides is 2. The number of anilines is 2. The minimum absolute atomic E-state index is 0.0349. The van der Waals surface area contributed by atoms with E-state index in [1.807, 2.05) is 7.05 Å². The van der Waals surface area contributed by atoms with E-state index in [1.54, 1.807) is 48.5 Å². The van der Waals surface area contributed by atoms with Crippen LogP contribution < -0.4 is 27.0 Å². The summed E-state index contributed by atoms with van der Waals surface area (Å²) < 4.78 is 0. The number of nitrogens with two attached hydrogens (primary N) is 1. The van der Waals surface area contributed by atoms with Gasteiger partial charge in [0.15, 0.2) is 11.8 Å². The molecule has 2 atom stereocenters. The molecule has 2 unspecified atom stereocenters. The predicted molar refractivity (Wildman–Crippen MR) is 137 cm³/mol. The van der Waals surface area contributed by atoms with E-state index < -0.39 is 29.7 Å². The summed E-state index contributed by atoms with van der Waals surface area (Å²) in [6.07, 6.45) is 2.91. The molecular formula is C25H32N6O5. The van der Waals surface area contributed by atoms with E-state index in [-0.39, 0.29) is 12.3 Å². The van der Waals surface area contributed by atoms with Crippen LogP contribution in [0.4, 0.5) is 11.4 Å².